The number of nitrogens with one attached hydrogen (secondary N) is 1. The van der Waals surface area contributed by atoms with Gasteiger partial charge >= 0.3 is 6.18 Å². The first kappa shape index (κ1) is 24.1. The van der Waals surface area contributed by atoms with Crippen molar-refractivity contribution in [3.8, 4) is 5.75 Å². The van der Waals surface area contributed by atoms with Gasteiger partial charge in [0.25, 0.3) is 0 Å². The number of hydrogen-bond acceptors (Lipinski definition) is 4. The number of anilines is 1. The highest BCUT2D eigenvalue weighted by Gasteiger charge is 2.54. The summed E-state index contributed by atoms with van der Waals surface area (Å²) in [5.41, 5.74) is 1.60. The number of nitrogens with zero attached hydrogens (tertiary/aromatic N) is 2. The summed E-state index contributed by atoms with van der Waals surface area (Å²) < 4.78 is 43.5. The summed E-state index contributed by atoms with van der Waals surface area (Å²) in [6.07, 6.45) is -3.44. The predicted octanol–water partition coefficient (Wildman–Crippen LogP) is 3.64. The number of ether oxygens (including phenoxy) is 1. The third-order valence-corrected chi connectivity index (χ3v) is 6.47. The van der Waals surface area contributed by atoms with Crippen molar-refractivity contribution in [2.45, 2.75) is 37.9 Å². The van der Waals surface area contributed by atoms with E-state index in [1.807, 2.05) is 30.4 Å². The van der Waals surface area contributed by atoms with E-state index in [4.69, 9.17) is 4.74 Å². The normalized spacial score (nSPS) is 17.6. The summed E-state index contributed by atoms with van der Waals surface area (Å²) >= 11 is 0. The van der Waals surface area contributed by atoms with Gasteiger partial charge in [-0.05, 0) is 50.6 Å². The van der Waals surface area contributed by atoms with Crippen LogP contribution < -0.4 is 15.0 Å². The summed E-state index contributed by atoms with van der Waals surface area (Å²) in [6, 6.07) is 15.4. The molecule has 1 fully saturated rings. The molecule has 2 aromatic carbocycles. The molecule has 2 aliphatic heterocycles. The van der Waals surface area contributed by atoms with Crippen LogP contribution in [0.5, 0.6) is 5.75 Å². The van der Waals surface area contributed by atoms with Gasteiger partial charge in [-0.15, -0.1) is 0 Å². The lowest BCUT2D eigenvalue weighted by Gasteiger charge is -2.39. The Bertz CT molecular complexity index is 1030. The zero-order valence-corrected chi connectivity index (χ0v) is 19.0. The molecule has 2 aliphatic rings. The second kappa shape index (κ2) is 9.66. The van der Waals surface area contributed by atoms with Gasteiger partial charge in [0.2, 0.25) is 11.8 Å². The Morgan fingerprint density at radius 1 is 1.09 bits per heavy atom. The lowest BCUT2D eigenvalue weighted by atomic mass is 9.73. The van der Waals surface area contributed by atoms with Gasteiger partial charge in [-0.1, -0.05) is 36.4 Å². The maximum atomic E-state index is 13.7. The van der Waals surface area contributed by atoms with Crippen LogP contribution in [-0.2, 0) is 21.5 Å². The third kappa shape index (κ3) is 4.89. The fourth-order valence-electron chi connectivity index (χ4n) is 4.93. The van der Waals surface area contributed by atoms with E-state index in [9.17, 15) is 22.8 Å². The van der Waals surface area contributed by atoms with E-state index in [0.29, 0.717) is 44.0 Å². The van der Waals surface area contributed by atoms with Crippen molar-refractivity contribution in [1.82, 2.24) is 10.2 Å². The molecule has 6 nitrogen and oxygen atoms in total. The van der Waals surface area contributed by atoms with E-state index in [1.54, 1.807) is 18.2 Å². The highest BCUT2D eigenvalue weighted by molar-refractivity contribution is 6.11. The SMILES string of the molecule is CCOc1cccc2c1C1(CCN(Cc3ccccc3)CC1)C(=O)N2CC(=O)NCC(F)(F)F. The number of carbonyl (C=O) groups excluding carboxylic acids is 2. The van der Waals surface area contributed by atoms with Crippen molar-refractivity contribution < 1.29 is 27.5 Å². The molecule has 1 saturated heterocycles. The monoisotopic (exact) mass is 475 g/mol. The van der Waals surface area contributed by atoms with E-state index in [0.717, 1.165) is 12.1 Å². The second-order valence-electron chi connectivity index (χ2n) is 8.71. The van der Waals surface area contributed by atoms with Crippen molar-refractivity contribution >= 4 is 17.5 Å². The Balaban J connectivity index is 1.57. The van der Waals surface area contributed by atoms with Gasteiger partial charge in [0.15, 0.2) is 0 Å². The van der Waals surface area contributed by atoms with E-state index >= 15 is 0 Å². The van der Waals surface area contributed by atoms with Crippen molar-refractivity contribution in [2.75, 3.05) is 37.7 Å². The van der Waals surface area contributed by atoms with Crippen LogP contribution in [0.4, 0.5) is 18.9 Å². The number of fused-ring (bicyclic) bond motifs is 2. The fourth-order valence-corrected chi connectivity index (χ4v) is 4.93. The van der Waals surface area contributed by atoms with Gasteiger partial charge < -0.3 is 15.0 Å². The molecule has 0 saturated carbocycles. The van der Waals surface area contributed by atoms with Crippen LogP contribution in [0.2, 0.25) is 0 Å². The zero-order chi connectivity index (χ0) is 24.3. The van der Waals surface area contributed by atoms with E-state index in [-0.39, 0.29) is 5.91 Å². The summed E-state index contributed by atoms with van der Waals surface area (Å²) in [7, 11) is 0. The molecule has 182 valence electrons. The molecule has 9 heteroatoms. The minimum absolute atomic E-state index is 0.254. The maximum Gasteiger partial charge on any atom is 0.405 e. The minimum atomic E-state index is -4.52. The van der Waals surface area contributed by atoms with Crippen LogP contribution in [0.25, 0.3) is 0 Å². The first-order valence-electron chi connectivity index (χ1n) is 11.4. The largest absolute Gasteiger partial charge is 0.493 e. The summed E-state index contributed by atoms with van der Waals surface area (Å²) in [4.78, 5) is 29.6. The van der Waals surface area contributed by atoms with Crippen molar-refractivity contribution in [2.24, 2.45) is 0 Å². The lowest BCUT2D eigenvalue weighted by Crippen LogP contribution is -2.50. The quantitative estimate of drug-likeness (QED) is 0.664. The molecule has 2 amide bonds. The van der Waals surface area contributed by atoms with Crippen molar-refractivity contribution in [1.29, 1.82) is 0 Å². The topological polar surface area (TPSA) is 61.9 Å². The number of amides is 2. The average molecular weight is 476 g/mol. The van der Waals surface area contributed by atoms with Crippen LogP contribution in [0.15, 0.2) is 48.5 Å². The molecule has 0 radical (unpaired) electrons. The molecular formula is C25H28F3N3O3. The van der Waals surface area contributed by atoms with Gasteiger partial charge in [-0.25, -0.2) is 0 Å². The number of alkyl halides is 3. The average Bonchev–Trinajstić information content (AvgIpc) is 3.03. The highest BCUT2D eigenvalue weighted by Crippen LogP contribution is 2.52. The summed E-state index contributed by atoms with van der Waals surface area (Å²) in [5.74, 6) is -0.517. The van der Waals surface area contributed by atoms with E-state index in [1.165, 1.54) is 10.5 Å². The Kier molecular flexibility index (Phi) is 6.84. The van der Waals surface area contributed by atoms with Gasteiger partial charge in [0.05, 0.1) is 17.7 Å². The van der Waals surface area contributed by atoms with Gasteiger partial charge in [-0.2, -0.15) is 13.2 Å². The first-order valence-corrected chi connectivity index (χ1v) is 11.4. The fraction of sp³-hybridized carbons (Fsp3) is 0.440. The van der Waals surface area contributed by atoms with Crippen LogP contribution in [0.1, 0.15) is 30.9 Å². The van der Waals surface area contributed by atoms with Crippen LogP contribution in [0, 0.1) is 0 Å². The summed E-state index contributed by atoms with van der Waals surface area (Å²) in [5, 5.41) is 1.87. The van der Waals surface area contributed by atoms with Crippen LogP contribution >= 0.6 is 0 Å². The molecule has 4 rings (SSSR count). The molecule has 2 aromatic rings. The molecule has 0 atom stereocenters. The number of carbonyl (C=O) groups is 2. The van der Waals surface area contributed by atoms with E-state index in [2.05, 4.69) is 17.0 Å². The summed E-state index contributed by atoms with van der Waals surface area (Å²) in [6.45, 7) is 2.49. The third-order valence-electron chi connectivity index (χ3n) is 6.47. The Morgan fingerprint density at radius 3 is 2.44 bits per heavy atom. The van der Waals surface area contributed by atoms with Crippen molar-refractivity contribution in [3.63, 3.8) is 0 Å². The van der Waals surface area contributed by atoms with Crippen LogP contribution in [0.3, 0.4) is 0 Å². The van der Waals surface area contributed by atoms with Crippen molar-refractivity contribution in [3.05, 3.63) is 59.7 Å². The van der Waals surface area contributed by atoms with E-state index < -0.39 is 30.6 Å². The predicted molar refractivity (Wildman–Crippen MR) is 122 cm³/mol. The van der Waals surface area contributed by atoms with Crippen LogP contribution in [-0.4, -0.2) is 55.7 Å². The molecule has 0 bridgehead atoms. The number of hydrogen-bond donors (Lipinski definition) is 1. The van der Waals surface area contributed by atoms with Gasteiger partial charge in [0, 0.05) is 12.1 Å². The smallest absolute Gasteiger partial charge is 0.405 e. The number of benzene rings is 2. The lowest BCUT2D eigenvalue weighted by molar-refractivity contribution is -0.138. The molecule has 34 heavy (non-hydrogen) atoms. The maximum absolute atomic E-state index is 13.7. The van der Waals surface area contributed by atoms with Gasteiger partial charge in [0.1, 0.15) is 18.8 Å². The Labute approximate surface area is 196 Å². The number of likely N-dealkylation sites (tertiary alicyclic amines) is 1. The molecule has 0 aliphatic carbocycles. The molecule has 2 heterocycles. The zero-order valence-electron chi connectivity index (χ0n) is 19.0. The molecular weight excluding hydrogens is 447 g/mol. The Hall–Kier alpha value is -3.07. The Morgan fingerprint density at radius 2 is 1.79 bits per heavy atom. The minimum Gasteiger partial charge on any atom is -0.493 e. The number of piperidine rings is 1. The number of halogens is 3. The highest BCUT2D eigenvalue weighted by atomic mass is 19.4. The second-order valence-corrected chi connectivity index (χ2v) is 8.71. The first-order chi connectivity index (χ1) is 16.2. The molecule has 0 aromatic heterocycles. The molecule has 0 unspecified atom stereocenters. The number of rotatable bonds is 7. The molecule has 1 spiro atoms. The standard InChI is InChI=1S/C25H28F3N3O3/c1-2-34-20-10-6-9-19-22(20)24(23(33)31(19)16-21(32)29-17-25(26,27)28)11-13-30(14-12-24)15-18-7-4-3-5-8-18/h3-10H,2,11-17H2,1H3,(H,29,32). The molecule has 1 N–H and O–H groups in total. The van der Waals surface area contributed by atoms with Gasteiger partial charge in [-0.3, -0.25) is 14.5 Å².